The number of anilines is 1. The van der Waals surface area contributed by atoms with Crippen LogP contribution in [0.15, 0.2) is 47.4 Å². The van der Waals surface area contributed by atoms with Gasteiger partial charge in [0.25, 0.3) is 11.6 Å². The SMILES string of the molecule is CC(C)(C)NS(=O)(=O)c1ccc(NC(=S)NC(=O)c2ccc(Cl)c([N+](=O)[O-])c2)cc1. The van der Waals surface area contributed by atoms with Crippen LogP contribution in [-0.2, 0) is 10.0 Å². The Hall–Kier alpha value is -2.60. The van der Waals surface area contributed by atoms with E-state index in [1.807, 2.05) is 0 Å². The molecule has 0 fully saturated rings. The summed E-state index contributed by atoms with van der Waals surface area (Å²) in [6.45, 7) is 5.20. The fourth-order valence-corrected chi connectivity index (χ4v) is 4.13. The molecular weight excluding hydrogens is 452 g/mol. The maximum atomic E-state index is 12.3. The van der Waals surface area contributed by atoms with E-state index >= 15 is 0 Å². The van der Waals surface area contributed by atoms with Gasteiger partial charge >= 0.3 is 0 Å². The van der Waals surface area contributed by atoms with Crippen molar-refractivity contribution >= 4 is 56.2 Å². The maximum absolute atomic E-state index is 12.3. The second kappa shape index (κ2) is 9.04. The molecule has 0 heterocycles. The number of nitrogens with zero attached hydrogens (tertiary/aromatic N) is 1. The molecule has 0 saturated heterocycles. The number of benzene rings is 2. The molecule has 1 amide bonds. The molecule has 2 aromatic rings. The molecule has 0 saturated carbocycles. The van der Waals surface area contributed by atoms with E-state index in [1.54, 1.807) is 20.8 Å². The lowest BCUT2D eigenvalue weighted by atomic mass is 10.1. The topological polar surface area (TPSA) is 130 Å². The molecule has 0 atom stereocenters. The van der Waals surface area contributed by atoms with Crippen LogP contribution < -0.4 is 15.4 Å². The summed E-state index contributed by atoms with van der Waals surface area (Å²) in [6, 6.07) is 9.38. The average molecular weight is 471 g/mol. The molecule has 0 spiro atoms. The molecule has 30 heavy (non-hydrogen) atoms. The fourth-order valence-electron chi connectivity index (χ4n) is 2.31. The molecule has 0 bridgehead atoms. The van der Waals surface area contributed by atoms with Gasteiger partial charge in [-0.25, -0.2) is 13.1 Å². The number of nitrogens with one attached hydrogen (secondary N) is 3. The van der Waals surface area contributed by atoms with Crippen LogP contribution in [0.1, 0.15) is 31.1 Å². The Morgan fingerprint density at radius 3 is 2.27 bits per heavy atom. The number of rotatable bonds is 5. The average Bonchev–Trinajstić information content (AvgIpc) is 2.60. The van der Waals surface area contributed by atoms with E-state index in [-0.39, 0.29) is 20.6 Å². The Balaban J connectivity index is 2.06. The van der Waals surface area contributed by atoms with Gasteiger partial charge in [-0.05, 0) is 69.4 Å². The third-order valence-electron chi connectivity index (χ3n) is 3.50. The second-order valence-corrected chi connectivity index (χ2v) is 9.71. The molecule has 0 radical (unpaired) electrons. The third-order valence-corrected chi connectivity index (χ3v) is 5.79. The number of nitro benzene ring substituents is 1. The molecule has 0 aromatic heterocycles. The molecule has 3 N–H and O–H groups in total. The summed E-state index contributed by atoms with van der Waals surface area (Å²) >= 11 is 10.8. The number of sulfonamides is 1. The Morgan fingerprint density at radius 2 is 1.73 bits per heavy atom. The monoisotopic (exact) mass is 470 g/mol. The van der Waals surface area contributed by atoms with Crippen molar-refractivity contribution in [2.45, 2.75) is 31.2 Å². The Morgan fingerprint density at radius 1 is 1.13 bits per heavy atom. The van der Waals surface area contributed by atoms with Gasteiger partial charge in [0, 0.05) is 22.9 Å². The fraction of sp³-hybridized carbons (Fsp3) is 0.222. The van der Waals surface area contributed by atoms with E-state index in [1.165, 1.54) is 36.4 Å². The van der Waals surface area contributed by atoms with Crippen LogP contribution in [0.2, 0.25) is 5.02 Å². The molecule has 0 aliphatic carbocycles. The van der Waals surface area contributed by atoms with Crippen LogP contribution in [0, 0.1) is 10.1 Å². The smallest absolute Gasteiger partial charge is 0.288 e. The van der Waals surface area contributed by atoms with Gasteiger partial charge in [-0.2, -0.15) is 0 Å². The van der Waals surface area contributed by atoms with Crippen molar-refractivity contribution < 1.29 is 18.1 Å². The summed E-state index contributed by atoms with van der Waals surface area (Å²) in [5, 5.41) is 15.9. The molecular formula is C18H19ClN4O5S2. The van der Waals surface area contributed by atoms with Gasteiger partial charge in [-0.15, -0.1) is 0 Å². The van der Waals surface area contributed by atoms with Gasteiger partial charge < -0.3 is 5.32 Å². The van der Waals surface area contributed by atoms with Gasteiger partial charge in [0.15, 0.2) is 5.11 Å². The van der Waals surface area contributed by atoms with Crippen molar-refractivity contribution in [2.24, 2.45) is 0 Å². The summed E-state index contributed by atoms with van der Waals surface area (Å²) in [5.74, 6) is -0.666. The lowest BCUT2D eigenvalue weighted by molar-refractivity contribution is -0.384. The Kier molecular flexibility index (Phi) is 7.14. The quantitative estimate of drug-likeness (QED) is 0.346. The summed E-state index contributed by atoms with van der Waals surface area (Å²) < 4.78 is 27.2. The highest BCUT2D eigenvalue weighted by Gasteiger charge is 2.22. The Bertz CT molecular complexity index is 1100. The lowest BCUT2D eigenvalue weighted by Crippen LogP contribution is -2.40. The van der Waals surface area contributed by atoms with Crippen molar-refractivity contribution in [1.82, 2.24) is 10.0 Å². The Labute approximate surface area is 184 Å². The van der Waals surface area contributed by atoms with E-state index in [0.29, 0.717) is 5.69 Å². The predicted molar refractivity (Wildman–Crippen MR) is 118 cm³/mol. The van der Waals surface area contributed by atoms with Crippen LogP contribution in [0.3, 0.4) is 0 Å². The van der Waals surface area contributed by atoms with Crippen LogP contribution in [-0.4, -0.2) is 29.9 Å². The molecule has 9 nitrogen and oxygen atoms in total. The minimum atomic E-state index is -3.68. The van der Waals surface area contributed by atoms with E-state index in [9.17, 15) is 23.3 Å². The number of amides is 1. The van der Waals surface area contributed by atoms with E-state index in [0.717, 1.165) is 6.07 Å². The minimum Gasteiger partial charge on any atom is -0.332 e. The first-order valence-electron chi connectivity index (χ1n) is 8.49. The molecule has 12 heteroatoms. The molecule has 0 aliphatic heterocycles. The van der Waals surface area contributed by atoms with Crippen molar-refractivity contribution in [3.05, 3.63) is 63.2 Å². The highest BCUT2D eigenvalue weighted by atomic mass is 35.5. The first kappa shape index (κ1) is 23.7. The minimum absolute atomic E-state index is 0.00458. The van der Waals surface area contributed by atoms with Gasteiger partial charge in [0.1, 0.15) is 5.02 Å². The van der Waals surface area contributed by atoms with Crippen LogP contribution in [0.5, 0.6) is 0 Å². The molecule has 160 valence electrons. The highest BCUT2D eigenvalue weighted by Crippen LogP contribution is 2.25. The highest BCUT2D eigenvalue weighted by molar-refractivity contribution is 7.89. The first-order chi connectivity index (χ1) is 13.8. The molecule has 2 rings (SSSR count). The summed E-state index contributed by atoms with van der Waals surface area (Å²) in [4.78, 5) is 22.6. The second-order valence-electron chi connectivity index (χ2n) is 7.21. The molecule has 0 unspecified atom stereocenters. The van der Waals surface area contributed by atoms with Crippen LogP contribution >= 0.6 is 23.8 Å². The van der Waals surface area contributed by atoms with Crippen molar-refractivity contribution in [1.29, 1.82) is 0 Å². The van der Waals surface area contributed by atoms with Crippen molar-refractivity contribution in [3.8, 4) is 0 Å². The third kappa shape index (κ3) is 6.46. The van der Waals surface area contributed by atoms with Gasteiger partial charge in [0.2, 0.25) is 10.0 Å². The van der Waals surface area contributed by atoms with Crippen LogP contribution in [0.4, 0.5) is 11.4 Å². The zero-order valence-corrected chi connectivity index (χ0v) is 18.6. The largest absolute Gasteiger partial charge is 0.332 e. The van der Waals surface area contributed by atoms with Crippen LogP contribution in [0.25, 0.3) is 0 Å². The van der Waals surface area contributed by atoms with Crippen molar-refractivity contribution in [3.63, 3.8) is 0 Å². The molecule has 0 aliphatic rings. The molecule has 2 aromatic carbocycles. The van der Waals surface area contributed by atoms with Gasteiger partial charge in [-0.3, -0.25) is 20.2 Å². The first-order valence-corrected chi connectivity index (χ1v) is 10.8. The number of thiocarbonyl (C=S) groups is 1. The standard InChI is InChI=1S/C18H19ClN4O5S2/c1-18(2,3)22-30(27,28)13-7-5-12(6-8-13)20-17(29)21-16(24)11-4-9-14(19)15(10-11)23(25)26/h4-10,22H,1-3H3,(H2,20,21,24,29). The summed E-state index contributed by atoms with van der Waals surface area (Å²) in [6.07, 6.45) is 0. The number of hydrogen-bond donors (Lipinski definition) is 3. The number of carbonyl (C=O) groups is 1. The van der Waals surface area contributed by atoms with Gasteiger partial charge in [0.05, 0.1) is 9.82 Å². The zero-order valence-electron chi connectivity index (χ0n) is 16.2. The number of halogens is 1. The number of nitro groups is 1. The lowest BCUT2D eigenvalue weighted by Gasteiger charge is -2.20. The summed E-state index contributed by atoms with van der Waals surface area (Å²) in [7, 11) is -3.68. The summed E-state index contributed by atoms with van der Waals surface area (Å²) in [5.41, 5.74) is -0.580. The normalized spacial score (nSPS) is 11.6. The number of carbonyl (C=O) groups excluding carboxylic acids is 1. The van der Waals surface area contributed by atoms with Crippen molar-refractivity contribution in [2.75, 3.05) is 5.32 Å². The maximum Gasteiger partial charge on any atom is 0.288 e. The van der Waals surface area contributed by atoms with E-state index < -0.39 is 32.1 Å². The van der Waals surface area contributed by atoms with Gasteiger partial charge in [-0.1, -0.05) is 11.6 Å². The van der Waals surface area contributed by atoms with E-state index in [2.05, 4.69) is 15.4 Å². The number of hydrogen-bond acceptors (Lipinski definition) is 6. The predicted octanol–water partition coefficient (Wildman–Crippen LogP) is 3.45. The van der Waals surface area contributed by atoms with E-state index in [4.69, 9.17) is 23.8 Å². The zero-order chi connectivity index (χ0) is 22.7.